The van der Waals surface area contributed by atoms with Crippen LogP contribution in [0.4, 0.5) is 0 Å². The Morgan fingerprint density at radius 3 is 2.65 bits per heavy atom. The Bertz CT molecular complexity index is 500. The van der Waals surface area contributed by atoms with Crippen LogP contribution in [-0.4, -0.2) is 35.0 Å². The third-order valence-corrected chi connectivity index (χ3v) is 5.00. The van der Waals surface area contributed by atoms with E-state index in [1.807, 2.05) is 30.3 Å². The van der Waals surface area contributed by atoms with Crippen LogP contribution in [0.25, 0.3) is 0 Å². The Morgan fingerprint density at radius 2 is 2.00 bits per heavy atom. The number of benzene rings is 1. The van der Waals surface area contributed by atoms with Crippen molar-refractivity contribution in [2.24, 2.45) is 5.41 Å². The van der Waals surface area contributed by atoms with Crippen molar-refractivity contribution in [2.45, 2.75) is 44.7 Å². The molecule has 3 atom stereocenters. The highest BCUT2D eigenvalue weighted by Crippen LogP contribution is 2.47. The zero-order valence-electron chi connectivity index (χ0n) is 12.2. The van der Waals surface area contributed by atoms with Crippen LogP contribution < -0.4 is 0 Å². The van der Waals surface area contributed by atoms with Gasteiger partial charge in [0.15, 0.2) is 0 Å². The summed E-state index contributed by atoms with van der Waals surface area (Å²) < 4.78 is 0. The predicted molar refractivity (Wildman–Crippen MR) is 78.3 cm³/mol. The first kappa shape index (κ1) is 13.6. The molecule has 0 N–H and O–H groups in total. The molecular formula is C16H22N2O2. The van der Waals surface area contributed by atoms with Crippen molar-refractivity contribution < 1.29 is 4.92 Å². The van der Waals surface area contributed by atoms with Crippen LogP contribution in [0.5, 0.6) is 0 Å². The van der Waals surface area contributed by atoms with Crippen LogP contribution in [0.3, 0.4) is 0 Å². The third-order valence-electron chi connectivity index (χ3n) is 5.00. The first-order valence-electron chi connectivity index (χ1n) is 7.43. The largest absolute Gasteiger partial charge is 0.293 e. The van der Waals surface area contributed by atoms with Crippen molar-refractivity contribution >= 4 is 0 Å². The molecule has 3 rings (SSSR count). The number of nitrogens with zero attached hydrogens (tertiary/aromatic N) is 2. The van der Waals surface area contributed by atoms with E-state index in [2.05, 4.69) is 18.7 Å². The molecule has 2 saturated heterocycles. The fourth-order valence-electron chi connectivity index (χ4n) is 4.31. The molecule has 0 radical (unpaired) electrons. The summed E-state index contributed by atoms with van der Waals surface area (Å²) in [6.07, 6.45) is 2.05. The molecule has 2 aliphatic heterocycles. The molecule has 0 amide bonds. The molecule has 108 valence electrons. The minimum atomic E-state index is -0.483. The highest BCUT2D eigenvalue weighted by Gasteiger charge is 2.55. The third kappa shape index (κ3) is 2.12. The van der Waals surface area contributed by atoms with E-state index in [0.717, 1.165) is 31.5 Å². The number of hydrogen-bond donors (Lipinski definition) is 0. The molecule has 0 aromatic heterocycles. The van der Waals surface area contributed by atoms with Gasteiger partial charge in [-0.3, -0.25) is 15.0 Å². The number of piperidine rings is 1. The van der Waals surface area contributed by atoms with Crippen molar-refractivity contribution in [3.05, 3.63) is 46.0 Å². The van der Waals surface area contributed by atoms with Gasteiger partial charge in [-0.05, 0) is 30.4 Å². The fraction of sp³-hybridized carbons (Fsp3) is 0.625. The van der Waals surface area contributed by atoms with E-state index in [1.54, 1.807) is 0 Å². The second-order valence-corrected chi connectivity index (χ2v) is 6.83. The van der Waals surface area contributed by atoms with Gasteiger partial charge in [-0.1, -0.05) is 44.2 Å². The van der Waals surface area contributed by atoms with Gasteiger partial charge < -0.3 is 0 Å². The van der Waals surface area contributed by atoms with Crippen LogP contribution in [0.1, 0.15) is 38.2 Å². The smallest absolute Gasteiger partial charge is 0.235 e. The fourth-order valence-corrected chi connectivity index (χ4v) is 4.31. The normalized spacial score (nSPS) is 32.8. The Morgan fingerprint density at radius 1 is 1.30 bits per heavy atom. The number of nitro groups is 1. The Labute approximate surface area is 119 Å². The molecule has 1 aromatic rings. The summed E-state index contributed by atoms with van der Waals surface area (Å²) in [5.74, 6) is -0.00181. The van der Waals surface area contributed by atoms with Crippen molar-refractivity contribution in [3.8, 4) is 0 Å². The van der Waals surface area contributed by atoms with E-state index in [4.69, 9.17) is 0 Å². The average Bonchev–Trinajstić information content (AvgIpc) is 2.83. The number of rotatable bonds is 2. The Balaban J connectivity index is 2.05. The minimum absolute atomic E-state index is 0.00181. The van der Waals surface area contributed by atoms with Gasteiger partial charge in [-0.15, -0.1) is 0 Å². The topological polar surface area (TPSA) is 46.4 Å². The molecule has 0 unspecified atom stereocenters. The lowest BCUT2D eigenvalue weighted by molar-refractivity contribution is -0.541. The average molecular weight is 274 g/mol. The van der Waals surface area contributed by atoms with Gasteiger partial charge in [0.05, 0.1) is 12.0 Å². The first-order chi connectivity index (χ1) is 9.50. The summed E-state index contributed by atoms with van der Waals surface area (Å²) in [4.78, 5) is 14.1. The summed E-state index contributed by atoms with van der Waals surface area (Å²) >= 11 is 0. The molecule has 2 heterocycles. The zero-order valence-corrected chi connectivity index (χ0v) is 12.2. The predicted octanol–water partition coefficient (Wildman–Crippen LogP) is 2.92. The van der Waals surface area contributed by atoms with Gasteiger partial charge in [0.2, 0.25) is 6.04 Å². The van der Waals surface area contributed by atoms with E-state index in [9.17, 15) is 10.1 Å². The molecule has 4 heteroatoms. The zero-order chi connectivity index (χ0) is 14.3. The van der Waals surface area contributed by atoms with Gasteiger partial charge in [-0.2, -0.15) is 0 Å². The lowest BCUT2D eigenvalue weighted by Gasteiger charge is -2.47. The van der Waals surface area contributed by atoms with E-state index in [-0.39, 0.29) is 22.3 Å². The molecule has 0 bridgehead atoms. The van der Waals surface area contributed by atoms with Gasteiger partial charge in [0.25, 0.3) is 0 Å². The standard InChI is InChI=1S/C16H22N2O2/c1-16(2)11-17-10-6-9-13(17)15(18(19)20)14(16)12-7-4-3-5-8-12/h3-5,7-8,13-15H,6,9-11H2,1-2H3/t13-,14+,15-/m0/s1. The van der Waals surface area contributed by atoms with Gasteiger partial charge in [-0.25, -0.2) is 0 Å². The van der Waals surface area contributed by atoms with Crippen LogP contribution >= 0.6 is 0 Å². The van der Waals surface area contributed by atoms with E-state index >= 15 is 0 Å². The summed E-state index contributed by atoms with van der Waals surface area (Å²) in [6, 6.07) is 9.68. The molecule has 0 saturated carbocycles. The highest BCUT2D eigenvalue weighted by atomic mass is 16.6. The molecule has 0 spiro atoms. The minimum Gasteiger partial charge on any atom is -0.293 e. The number of fused-ring (bicyclic) bond motifs is 1. The van der Waals surface area contributed by atoms with Crippen LogP contribution in [0.15, 0.2) is 30.3 Å². The van der Waals surface area contributed by atoms with Crippen molar-refractivity contribution in [2.75, 3.05) is 13.1 Å². The summed E-state index contributed by atoms with van der Waals surface area (Å²) in [7, 11) is 0. The number of hydrogen-bond acceptors (Lipinski definition) is 3. The molecule has 4 nitrogen and oxygen atoms in total. The van der Waals surface area contributed by atoms with Crippen LogP contribution in [-0.2, 0) is 0 Å². The van der Waals surface area contributed by atoms with Crippen LogP contribution in [0.2, 0.25) is 0 Å². The lowest BCUT2D eigenvalue weighted by atomic mass is 9.66. The van der Waals surface area contributed by atoms with Crippen molar-refractivity contribution in [1.29, 1.82) is 0 Å². The first-order valence-corrected chi connectivity index (χ1v) is 7.43. The quantitative estimate of drug-likeness (QED) is 0.615. The van der Waals surface area contributed by atoms with Crippen molar-refractivity contribution in [1.82, 2.24) is 4.90 Å². The summed E-state index contributed by atoms with van der Waals surface area (Å²) in [6.45, 7) is 6.33. The van der Waals surface area contributed by atoms with Gasteiger partial charge in [0, 0.05) is 11.5 Å². The molecule has 2 fully saturated rings. The maximum absolute atomic E-state index is 11.7. The summed E-state index contributed by atoms with van der Waals surface area (Å²) in [5, 5.41) is 11.7. The van der Waals surface area contributed by atoms with Crippen LogP contribution in [0, 0.1) is 15.5 Å². The summed E-state index contributed by atoms with van der Waals surface area (Å²) in [5.41, 5.74) is 1.05. The second kappa shape index (κ2) is 4.85. The van der Waals surface area contributed by atoms with Crippen molar-refractivity contribution in [3.63, 3.8) is 0 Å². The molecule has 0 aliphatic carbocycles. The maximum Gasteiger partial charge on any atom is 0.235 e. The molecule has 2 aliphatic rings. The van der Waals surface area contributed by atoms with E-state index < -0.39 is 6.04 Å². The SMILES string of the molecule is CC1(C)CN2CCC[C@H]2[C@H]([N+](=O)[O-])[C@H]1c1ccccc1. The highest BCUT2D eigenvalue weighted by molar-refractivity contribution is 5.26. The van der Waals surface area contributed by atoms with Gasteiger partial charge in [0.1, 0.15) is 0 Å². The Kier molecular flexibility index (Phi) is 3.28. The van der Waals surface area contributed by atoms with Gasteiger partial charge >= 0.3 is 0 Å². The maximum atomic E-state index is 11.7. The monoisotopic (exact) mass is 274 g/mol. The lowest BCUT2D eigenvalue weighted by Crippen LogP contribution is -2.58. The molecular weight excluding hydrogens is 252 g/mol. The molecule has 1 aromatic carbocycles. The van der Waals surface area contributed by atoms with E-state index in [0.29, 0.717) is 0 Å². The van der Waals surface area contributed by atoms with E-state index in [1.165, 1.54) is 0 Å². The second-order valence-electron chi connectivity index (χ2n) is 6.83. The molecule has 20 heavy (non-hydrogen) atoms. The Hall–Kier alpha value is -1.42.